The number of hydrogen-bond acceptors (Lipinski definition) is 3. The van der Waals surface area contributed by atoms with Crippen LogP contribution in [0.5, 0.6) is 0 Å². The van der Waals surface area contributed by atoms with Crippen molar-refractivity contribution in [3.63, 3.8) is 0 Å². The average Bonchev–Trinajstić information content (AvgIpc) is 2.51. The lowest BCUT2D eigenvalue weighted by Gasteiger charge is -2.25. The van der Waals surface area contributed by atoms with Crippen molar-refractivity contribution in [3.8, 4) is 0 Å². The fraction of sp³-hybridized carbons (Fsp3) is 0.615. The molecular weight excluding hydrogens is 232 g/mol. The van der Waals surface area contributed by atoms with E-state index in [1.807, 2.05) is 19.9 Å². The van der Waals surface area contributed by atoms with Crippen molar-refractivity contribution < 1.29 is 14.3 Å². The molecule has 0 saturated carbocycles. The number of amides is 2. The lowest BCUT2D eigenvalue weighted by Crippen LogP contribution is -2.44. The molecule has 0 aliphatic carbocycles. The van der Waals surface area contributed by atoms with Crippen molar-refractivity contribution >= 4 is 6.03 Å². The number of hydrogen-bond donors (Lipinski definition) is 2. The van der Waals surface area contributed by atoms with E-state index in [0.717, 1.165) is 17.1 Å². The van der Waals surface area contributed by atoms with Crippen molar-refractivity contribution in [2.24, 2.45) is 0 Å². The number of carbonyl (C=O) groups is 1. The van der Waals surface area contributed by atoms with Gasteiger partial charge in [-0.1, -0.05) is 0 Å². The predicted octanol–water partition coefficient (Wildman–Crippen LogP) is 1.81. The molecule has 102 valence electrons. The van der Waals surface area contributed by atoms with E-state index in [1.165, 1.54) is 4.90 Å². The zero-order valence-electron chi connectivity index (χ0n) is 11.7. The third-order valence-electron chi connectivity index (χ3n) is 2.54. The van der Waals surface area contributed by atoms with Crippen LogP contribution in [-0.4, -0.2) is 35.2 Å². The highest BCUT2D eigenvalue weighted by molar-refractivity contribution is 5.73. The Bertz CT molecular complexity index is 418. The molecule has 2 N–H and O–H groups in total. The molecule has 1 rings (SSSR count). The SMILES string of the molecule is Cc1cc(CNC(=O)N(C)CC(C)(C)O)c(C)o1. The lowest BCUT2D eigenvalue weighted by molar-refractivity contribution is 0.0531. The van der Waals surface area contributed by atoms with E-state index in [4.69, 9.17) is 4.42 Å². The van der Waals surface area contributed by atoms with Crippen molar-refractivity contribution in [1.82, 2.24) is 10.2 Å². The summed E-state index contributed by atoms with van der Waals surface area (Å²) in [6, 6.07) is 1.70. The number of aliphatic hydroxyl groups is 1. The maximum Gasteiger partial charge on any atom is 0.317 e. The Kier molecular flexibility index (Phi) is 4.40. The van der Waals surface area contributed by atoms with Crippen LogP contribution >= 0.6 is 0 Å². The minimum absolute atomic E-state index is 0.213. The van der Waals surface area contributed by atoms with Crippen LogP contribution in [0.1, 0.15) is 30.9 Å². The number of nitrogens with zero attached hydrogens (tertiary/aromatic N) is 1. The van der Waals surface area contributed by atoms with Gasteiger partial charge in [-0.15, -0.1) is 0 Å². The Morgan fingerprint density at radius 1 is 1.50 bits per heavy atom. The molecular formula is C13H22N2O3. The lowest BCUT2D eigenvalue weighted by atomic mass is 10.1. The predicted molar refractivity (Wildman–Crippen MR) is 69.3 cm³/mol. The first kappa shape index (κ1) is 14.6. The molecule has 1 aromatic heterocycles. The highest BCUT2D eigenvalue weighted by Gasteiger charge is 2.19. The first-order valence-electron chi connectivity index (χ1n) is 5.96. The van der Waals surface area contributed by atoms with E-state index in [1.54, 1.807) is 20.9 Å². The fourth-order valence-corrected chi connectivity index (χ4v) is 1.82. The molecule has 5 nitrogen and oxygen atoms in total. The molecule has 0 unspecified atom stereocenters. The summed E-state index contributed by atoms with van der Waals surface area (Å²) in [4.78, 5) is 13.2. The van der Waals surface area contributed by atoms with Gasteiger partial charge in [0, 0.05) is 19.2 Å². The van der Waals surface area contributed by atoms with E-state index < -0.39 is 5.60 Å². The monoisotopic (exact) mass is 254 g/mol. The van der Waals surface area contributed by atoms with E-state index in [-0.39, 0.29) is 12.6 Å². The van der Waals surface area contributed by atoms with E-state index >= 15 is 0 Å². The Hall–Kier alpha value is -1.49. The molecule has 0 saturated heterocycles. The molecule has 2 amide bonds. The van der Waals surface area contributed by atoms with Crippen LogP contribution in [0.25, 0.3) is 0 Å². The van der Waals surface area contributed by atoms with Crippen molar-refractivity contribution in [1.29, 1.82) is 0 Å². The second-order valence-electron chi connectivity index (χ2n) is 5.27. The molecule has 0 aliphatic rings. The van der Waals surface area contributed by atoms with Gasteiger partial charge in [-0.05, 0) is 33.8 Å². The molecule has 5 heteroatoms. The van der Waals surface area contributed by atoms with Crippen LogP contribution in [0.2, 0.25) is 0 Å². The van der Waals surface area contributed by atoms with Crippen LogP contribution in [0.3, 0.4) is 0 Å². The summed E-state index contributed by atoms with van der Waals surface area (Å²) in [5, 5.41) is 12.4. The van der Waals surface area contributed by atoms with E-state index in [9.17, 15) is 9.90 Å². The Labute approximate surface area is 108 Å². The van der Waals surface area contributed by atoms with Gasteiger partial charge in [-0.3, -0.25) is 0 Å². The van der Waals surface area contributed by atoms with Gasteiger partial charge in [0.1, 0.15) is 11.5 Å². The van der Waals surface area contributed by atoms with Gasteiger partial charge < -0.3 is 19.7 Å². The van der Waals surface area contributed by atoms with Crippen LogP contribution < -0.4 is 5.32 Å². The summed E-state index contributed by atoms with van der Waals surface area (Å²) in [6.45, 7) is 7.79. The van der Waals surface area contributed by atoms with Crippen LogP contribution in [0.4, 0.5) is 4.79 Å². The molecule has 0 radical (unpaired) electrons. The number of likely N-dealkylation sites (N-methyl/N-ethyl adjacent to an activating group) is 1. The van der Waals surface area contributed by atoms with Gasteiger partial charge in [0.2, 0.25) is 0 Å². The maximum absolute atomic E-state index is 11.8. The second-order valence-corrected chi connectivity index (χ2v) is 5.27. The van der Waals surface area contributed by atoms with Gasteiger partial charge >= 0.3 is 6.03 Å². The number of rotatable bonds is 4. The topological polar surface area (TPSA) is 65.7 Å². The number of nitrogens with one attached hydrogen (secondary N) is 1. The summed E-state index contributed by atoms with van der Waals surface area (Å²) >= 11 is 0. The third kappa shape index (κ3) is 4.41. The third-order valence-corrected chi connectivity index (χ3v) is 2.54. The quantitative estimate of drug-likeness (QED) is 0.861. The molecule has 1 aromatic rings. The molecule has 0 aliphatic heterocycles. The van der Waals surface area contributed by atoms with Gasteiger partial charge in [0.25, 0.3) is 0 Å². The first-order valence-corrected chi connectivity index (χ1v) is 5.96. The number of furan rings is 1. The summed E-state index contributed by atoms with van der Waals surface area (Å²) in [5.41, 5.74) is 0.0753. The zero-order valence-corrected chi connectivity index (χ0v) is 11.7. The highest BCUT2D eigenvalue weighted by atomic mass is 16.3. The second kappa shape index (κ2) is 5.44. The largest absolute Gasteiger partial charge is 0.466 e. The summed E-state index contributed by atoms with van der Waals surface area (Å²) < 4.78 is 5.38. The van der Waals surface area contributed by atoms with Crippen molar-refractivity contribution in [2.45, 2.75) is 39.8 Å². The first-order chi connectivity index (χ1) is 8.19. The zero-order chi connectivity index (χ0) is 13.9. The van der Waals surface area contributed by atoms with Crippen molar-refractivity contribution in [2.75, 3.05) is 13.6 Å². The smallest absolute Gasteiger partial charge is 0.317 e. The Morgan fingerprint density at radius 3 is 2.56 bits per heavy atom. The average molecular weight is 254 g/mol. The Morgan fingerprint density at radius 2 is 2.11 bits per heavy atom. The minimum atomic E-state index is -0.895. The van der Waals surface area contributed by atoms with Crippen LogP contribution in [-0.2, 0) is 6.54 Å². The van der Waals surface area contributed by atoms with E-state index in [2.05, 4.69) is 5.32 Å². The number of carbonyl (C=O) groups excluding carboxylic acids is 1. The summed E-state index contributed by atoms with van der Waals surface area (Å²) in [6.07, 6.45) is 0. The Balaban J connectivity index is 2.48. The molecule has 0 fully saturated rings. The van der Waals surface area contributed by atoms with Gasteiger partial charge in [-0.25, -0.2) is 4.79 Å². The molecule has 0 spiro atoms. The molecule has 0 bridgehead atoms. The standard InChI is InChI=1S/C13H22N2O3/c1-9-6-11(10(2)18-9)7-14-12(16)15(5)8-13(3,4)17/h6,17H,7-8H2,1-5H3,(H,14,16). The van der Waals surface area contributed by atoms with Crippen LogP contribution in [0, 0.1) is 13.8 Å². The van der Waals surface area contributed by atoms with Gasteiger partial charge in [0.15, 0.2) is 0 Å². The number of aryl methyl sites for hydroxylation is 2. The fourth-order valence-electron chi connectivity index (χ4n) is 1.82. The summed E-state index contributed by atoms with van der Waals surface area (Å²) in [5.74, 6) is 1.65. The molecule has 1 heterocycles. The molecule has 0 aromatic carbocycles. The van der Waals surface area contributed by atoms with Crippen LogP contribution in [0.15, 0.2) is 10.5 Å². The maximum atomic E-state index is 11.8. The number of urea groups is 1. The molecule has 18 heavy (non-hydrogen) atoms. The molecule has 0 atom stereocenters. The normalized spacial score (nSPS) is 11.4. The van der Waals surface area contributed by atoms with Gasteiger partial charge in [-0.2, -0.15) is 0 Å². The summed E-state index contributed by atoms with van der Waals surface area (Å²) in [7, 11) is 1.65. The highest BCUT2D eigenvalue weighted by Crippen LogP contribution is 2.13. The van der Waals surface area contributed by atoms with E-state index in [0.29, 0.717) is 6.54 Å². The van der Waals surface area contributed by atoms with Gasteiger partial charge in [0.05, 0.1) is 12.1 Å². The van der Waals surface area contributed by atoms with Crippen molar-refractivity contribution in [3.05, 3.63) is 23.2 Å². The minimum Gasteiger partial charge on any atom is -0.466 e.